The van der Waals surface area contributed by atoms with E-state index in [1.165, 1.54) is 13.8 Å². The van der Waals surface area contributed by atoms with Crippen molar-refractivity contribution in [3.63, 3.8) is 0 Å². The summed E-state index contributed by atoms with van der Waals surface area (Å²) < 4.78 is 0. The first-order chi connectivity index (χ1) is 6.86. The Bertz CT molecular complexity index is 413. The minimum absolute atomic E-state index is 0.0810. The zero-order valence-electron chi connectivity index (χ0n) is 8.17. The van der Waals surface area contributed by atoms with Gasteiger partial charge in [0, 0.05) is 6.07 Å². The number of phenols is 2. The van der Waals surface area contributed by atoms with Gasteiger partial charge in [-0.3, -0.25) is 9.59 Å². The van der Waals surface area contributed by atoms with Crippen molar-refractivity contribution in [3.8, 4) is 11.5 Å². The highest BCUT2D eigenvalue weighted by atomic mass is 35.5. The fraction of sp³-hybridized carbons (Fsp3) is 0.200. The van der Waals surface area contributed by atoms with Crippen LogP contribution in [0.3, 0.4) is 0 Å². The summed E-state index contributed by atoms with van der Waals surface area (Å²) in [5.41, 5.74) is -0.440. The van der Waals surface area contributed by atoms with Gasteiger partial charge in [0.2, 0.25) is 0 Å². The lowest BCUT2D eigenvalue weighted by atomic mass is 10.0. The number of carbonyl (C=O) groups excluding carboxylic acids is 2. The largest absolute Gasteiger partial charge is 0.507 e. The fourth-order valence-electron chi connectivity index (χ4n) is 1.31. The Balaban J connectivity index is 3.64. The standard InChI is InChI=1S/C10H9ClO4/c1-4(12)8-6(11)3-7(14)9(5(2)13)10(8)15/h3,14-15H,1-2H3. The lowest BCUT2D eigenvalue weighted by Gasteiger charge is -2.09. The maximum absolute atomic E-state index is 11.1. The Kier molecular flexibility index (Phi) is 3.00. The number of phenolic OH excluding ortho intramolecular Hbond substituents is 2. The van der Waals surface area contributed by atoms with Gasteiger partial charge in [0.1, 0.15) is 17.1 Å². The molecule has 5 heteroatoms. The lowest BCUT2D eigenvalue weighted by molar-refractivity contribution is 0.101. The molecule has 0 unspecified atom stereocenters. The number of carbonyl (C=O) groups is 2. The summed E-state index contributed by atoms with van der Waals surface area (Å²) in [6, 6.07) is 1.06. The van der Waals surface area contributed by atoms with Gasteiger partial charge in [-0.1, -0.05) is 11.6 Å². The molecule has 2 N–H and O–H groups in total. The van der Waals surface area contributed by atoms with Gasteiger partial charge in [-0.25, -0.2) is 0 Å². The first-order valence-corrected chi connectivity index (χ1v) is 4.50. The van der Waals surface area contributed by atoms with Crippen molar-refractivity contribution in [1.29, 1.82) is 0 Å². The van der Waals surface area contributed by atoms with Crippen LogP contribution in [-0.2, 0) is 0 Å². The molecule has 1 rings (SSSR count). The summed E-state index contributed by atoms with van der Waals surface area (Å²) in [5, 5.41) is 18.9. The monoisotopic (exact) mass is 228 g/mol. The normalized spacial score (nSPS) is 10.1. The molecule has 1 aromatic rings. The molecule has 0 aliphatic heterocycles. The van der Waals surface area contributed by atoms with Gasteiger partial charge in [0.25, 0.3) is 0 Å². The number of rotatable bonds is 2. The number of ketones is 2. The summed E-state index contributed by atoms with van der Waals surface area (Å²) >= 11 is 5.65. The first kappa shape index (κ1) is 11.5. The van der Waals surface area contributed by atoms with Crippen molar-refractivity contribution in [3.05, 3.63) is 22.2 Å². The maximum Gasteiger partial charge on any atom is 0.167 e. The molecule has 0 radical (unpaired) electrons. The van der Waals surface area contributed by atoms with E-state index >= 15 is 0 Å². The third kappa shape index (κ3) is 1.94. The van der Waals surface area contributed by atoms with Crippen molar-refractivity contribution in [1.82, 2.24) is 0 Å². The van der Waals surface area contributed by atoms with Gasteiger partial charge in [0.15, 0.2) is 11.6 Å². The molecule has 0 saturated heterocycles. The van der Waals surface area contributed by atoms with Crippen LogP contribution < -0.4 is 0 Å². The summed E-state index contributed by atoms with van der Waals surface area (Å²) in [7, 11) is 0. The molecular weight excluding hydrogens is 220 g/mol. The summed E-state index contributed by atoms with van der Waals surface area (Å²) in [6.45, 7) is 2.38. The Morgan fingerprint density at radius 1 is 1.13 bits per heavy atom. The molecule has 1 aromatic carbocycles. The zero-order chi connectivity index (χ0) is 11.7. The molecule has 0 atom stereocenters. The van der Waals surface area contributed by atoms with E-state index in [0.29, 0.717) is 0 Å². The molecule has 0 heterocycles. The van der Waals surface area contributed by atoms with E-state index in [2.05, 4.69) is 0 Å². The van der Waals surface area contributed by atoms with Crippen LogP contribution in [0.4, 0.5) is 0 Å². The minimum atomic E-state index is -0.569. The van der Waals surface area contributed by atoms with E-state index < -0.39 is 23.1 Å². The molecule has 15 heavy (non-hydrogen) atoms. The smallest absolute Gasteiger partial charge is 0.167 e. The second kappa shape index (κ2) is 3.90. The predicted octanol–water partition coefficient (Wildman–Crippen LogP) is 2.16. The summed E-state index contributed by atoms with van der Waals surface area (Å²) in [6.07, 6.45) is 0. The van der Waals surface area contributed by atoms with Gasteiger partial charge in [0.05, 0.1) is 10.6 Å². The Morgan fingerprint density at radius 2 is 1.60 bits per heavy atom. The molecule has 80 valence electrons. The molecule has 0 aromatic heterocycles. The average molecular weight is 229 g/mol. The number of hydrogen-bond acceptors (Lipinski definition) is 4. The van der Waals surface area contributed by atoms with Gasteiger partial charge < -0.3 is 10.2 Å². The number of hydrogen-bond donors (Lipinski definition) is 2. The molecule has 0 amide bonds. The van der Waals surface area contributed by atoms with Gasteiger partial charge >= 0.3 is 0 Å². The second-order valence-corrected chi connectivity index (χ2v) is 3.50. The summed E-state index contributed by atoms with van der Waals surface area (Å²) in [5.74, 6) is -2.01. The highest BCUT2D eigenvalue weighted by Crippen LogP contribution is 2.36. The molecule has 0 spiro atoms. The topological polar surface area (TPSA) is 74.6 Å². The van der Waals surface area contributed by atoms with E-state index in [-0.39, 0.29) is 16.1 Å². The Hall–Kier alpha value is -1.55. The van der Waals surface area contributed by atoms with E-state index in [0.717, 1.165) is 6.07 Å². The molecule has 0 bridgehead atoms. The minimum Gasteiger partial charge on any atom is -0.507 e. The van der Waals surface area contributed by atoms with Crippen LogP contribution in [-0.4, -0.2) is 21.8 Å². The van der Waals surface area contributed by atoms with Gasteiger partial charge in [-0.2, -0.15) is 0 Å². The average Bonchev–Trinajstić information content (AvgIpc) is 1.99. The van der Waals surface area contributed by atoms with E-state index in [1.807, 2.05) is 0 Å². The SMILES string of the molecule is CC(=O)c1c(O)cc(Cl)c(C(C)=O)c1O. The van der Waals surface area contributed by atoms with Crippen molar-refractivity contribution in [2.24, 2.45) is 0 Å². The predicted molar refractivity (Wildman–Crippen MR) is 54.8 cm³/mol. The van der Waals surface area contributed by atoms with Crippen LogP contribution in [0, 0.1) is 0 Å². The van der Waals surface area contributed by atoms with E-state index in [9.17, 15) is 19.8 Å². The molecule has 4 nitrogen and oxygen atoms in total. The van der Waals surface area contributed by atoms with E-state index in [4.69, 9.17) is 11.6 Å². The van der Waals surface area contributed by atoms with Crippen LogP contribution in [0.5, 0.6) is 11.5 Å². The molecule has 0 saturated carbocycles. The molecule has 0 aliphatic carbocycles. The number of benzene rings is 1. The summed E-state index contributed by atoms with van der Waals surface area (Å²) in [4.78, 5) is 22.2. The number of aromatic hydroxyl groups is 2. The van der Waals surface area contributed by atoms with Crippen molar-refractivity contribution < 1.29 is 19.8 Å². The van der Waals surface area contributed by atoms with Crippen LogP contribution in [0.1, 0.15) is 34.6 Å². The fourth-order valence-corrected chi connectivity index (χ4v) is 1.63. The lowest BCUT2D eigenvalue weighted by Crippen LogP contribution is -2.01. The van der Waals surface area contributed by atoms with Crippen molar-refractivity contribution >= 4 is 23.2 Å². The highest BCUT2D eigenvalue weighted by Gasteiger charge is 2.21. The Morgan fingerprint density at radius 3 is 2.00 bits per heavy atom. The third-order valence-corrected chi connectivity index (χ3v) is 2.23. The molecule has 0 fully saturated rings. The van der Waals surface area contributed by atoms with Crippen molar-refractivity contribution in [2.45, 2.75) is 13.8 Å². The first-order valence-electron chi connectivity index (χ1n) is 4.12. The number of Topliss-reactive ketones (excluding diaryl/α,β-unsaturated/α-hetero) is 2. The third-order valence-electron chi connectivity index (χ3n) is 1.94. The number of halogens is 1. The molecular formula is C10H9ClO4. The van der Waals surface area contributed by atoms with Gasteiger partial charge in [-0.15, -0.1) is 0 Å². The van der Waals surface area contributed by atoms with Crippen LogP contribution in [0.15, 0.2) is 6.07 Å². The van der Waals surface area contributed by atoms with Crippen molar-refractivity contribution in [2.75, 3.05) is 0 Å². The Labute approximate surface area is 91.1 Å². The van der Waals surface area contributed by atoms with Gasteiger partial charge in [-0.05, 0) is 13.8 Å². The van der Waals surface area contributed by atoms with Crippen LogP contribution in [0.25, 0.3) is 0 Å². The van der Waals surface area contributed by atoms with E-state index in [1.54, 1.807) is 0 Å². The van der Waals surface area contributed by atoms with Crippen LogP contribution in [0.2, 0.25) is 5.02 Å². The van der Waals surface area contributed by atoms with Crippen LogP contribution >= 0.6 is 11.6 Å². The second-order valence-electron chi connectivity index (χ2n) is 3.09. The highest BCUT2D eigenvalue weighted by molar-refractivity contribution is 6.34. The maximum atomic E-state index is 11.1. The zero-order valence-corrected chi connectivity index (χ0v) is 8.92. The molecule has 0 aliphatic rings. The quantitative estimate of drug-likeness (QED) is 0.761.